The first-order valence-corrected chi connectivity index (χ1v) is 7.40. The standard InChI is InChI=1S/C17H18BrNO/c1-2-5-14-6-3-4-7-17(14)20-13-12-19-16-10-8-15(18)9-11-16/h2-4,6-11,19H,1,5,12-13H2. The van der Waals surface area contributed by atoms with Crippen LogP contribution in [-0.4, -0.2) is 13.2 Å². The van der Waals surface area contributed by atoms with Crippen molar-refractivity contribution in [3.05, 3.63) is 71.2 Å². The second-order valence-corrected chi connectivity index (χ2v) is 5.30. The molecule has 0 spiro atoms. The molecule has 0 aliphatic carbocycles. The van der Waals surface area contributed by atoms with Crippen molar-refractivity contribution in [1.29, 1.82) is 0 Å². The quantitative estimate of drug-likeness (QED) is 0.588. The molecular weight excluding hydrogens is 314 g/mol. The number of anilines is 1. The lowest BCUT2D eigenvalue weighted by Crippen LogP contribution is -2.12. The van der Waals surface area contributed by atoms with Crippen molar-refractivity contribution in [1.82, 2.24) is 0 Å². The van der Waals surface area contributed by atoms with Crippen LogP contribution in [0.1, 0.15) is 5.56 Å². The molecule has 0 heterocycles. The van der Waals surface area contributed by atoms with E-state index in [4.69, 9.17) is 4.74 Å². The van der Waals surface area contributed by atoms with Crippen LogP contribution >= 0.6 is 15.9 Å². The maximum atomic E-state index is 5.82. The first-order chi connectivity index (χ1) is 9.79. The minimum atomic E-state index is 0.629. The summed E-state index contributed by atoms with van der Waals surface area (Å²) in [6.07, 6.45) is 2.72. The number of benzene rings is 2. The molecular formula is C17H18BrNO. The molecule has 20 heavy (non-hydrogen) atoms. The molecule has 0 atom stereocenters. The van der Waals surface area contributed by atoms with Gasteiger partial charge in [-0.25, -0.2) is 0 Å². The van der Waals surface area contributed by atoms with E-state index in [1.54, 1.807) is 0 Å². The fourth-order valence-corrected chi connectivity index (χ4v) is 2.16. The maximum Gasteiger partial charge on any atom is 0.122 e. The number of halogens is 1. The van der Waals surface area contributed by atoms with E-state index in [1.165, 1.54) is 5.56 Å². The van der Waals surface area contributed by atoms with Crippen molar-refractivity contribution in [3.8, 4) is 5.75 Å². The van der Waals surface area contributed by atoms with E-state index >= 15 is 0 Å². The summed E-state index contributed by atoms with van der Waals surface area (Å²) in [5.41, 5.74) is 2.27. The summed E-state index contributed by atoms with van der Waals surface area (Å²) in [6.45, 7) is 5.17. The number of hydrogen-bond donors (Lipinski definition) is 1. The van der Waals surface area contributed by atoms with Gasteiger partial charge in [-0.2, -0.15) is 0 Å². The molecule has 0 fully saturated rings. The van der Waals surface area contributed by atoms with E-state index in [0.717, 1.165) is 28.9 Å². The molecule has 0 radical (unpaired) electrons. The first kappa shape index (κ1) is 14.7. The molecule has 2 aromatic rings. The molecule has 2 rings (SSSR count). The monoisotopic (exact) mass is 331 g/mol. The number of rotatable bonds is 7. The van der Waals surface area contributed by atoms with Gasteiger partial charge in [0.05, 0.1) is 0 Å². The third-order valence-electron chi connectivity index (χ3n) is 2.87. The highest BCUT2D eigenvalue weighted by molar-refractivity contribution is 9.10. The smallest absolute Gasteiger partial charge is 0.122 e. The minimum Gasteiger partial charge on any atom is -0.491 e. The molecule has 0 saturated carbocycles. The molecule has 104 valence electrons. The normalized spacial score (nSPS) is 10.1. The largest absolute Gasteiger partial charge is 0.491 e. The lowest BCUT2D eigenvalue weighted by atomic mass is 10.1. The zero-order valence-electron chi connectivity index (χ0n) is 11.3. The van der Waals surface area contributed by atoms with Gasteiger partial charge < -0.3 is 10.1 Å². The van der Waals surface area contributed by atoms with E-state index in [9.17, 15) is 0 Å². The third-order valence-corrected chi connectivity index (χ3v) is 3.40. The summed E-state index contributed by atoms with van der Waals surface area (Å²) in [4.78, 5) is 0. The Labute approximate surface area is 128 Å². The zero-order chi connectivity index (χ0) is 14.2. The second-order valence-electron chi connectivity index (χ2n) is 4.38. The Bertz CT molecular complexity index is 551. The van der Waals surface area contributed by atoms with Crippen molar-refractivity contribution in [2.75, 3.05) is 18.5 Å². The highest BCUT2D eigenvalue weighted by atomic mass is 79.9. The zero-order valence-corrected chi connectivity index (χ0v) is 12.9. The second kappa shape index (κ2) is 7.75. The predicted molar refractivity (Wildman–Crippen MR) is 88.5 cm³/mol. The van der Waals surface area contributed by atoms with E-state index in [0.29, 0.717) is 6.61 Å². The molecule has 0 bridgehead atoms. The molecule has 0 aliphatic heterocycles. The topological polar surface area (TPSA) is 21.3 Å². The van der Waals surface area contributed by atoms with Crippen LogP contribution in [-0.2, 0) is 6.42 Å². The van der Waals surface area contributed by atoms with Gasteiger partial charge in [0.25, 0.3) is 0 Å². The van der Waals surface area contributed by atoms with Gasteiger partial charge in [-0.1, -0.05) is 40.2 Å². The summed E-state index contributed by atoms with van der Waals surface area (Å²) >= 11 is 3.42. The molecule has 0 saturated heterocycles. The average molecular weight is 332 g/mol. The van der Waals surface area contributed by atoms with Crippen molar-refractivity contribution >= 4 is 21.6 Å². The van der Waals surface area contributed by atoms with Gasteiger partial charge in [0, 0.05) is 16.7 Å². The average Bonchev–Trinajstić information content (AvgIpc) is 2.47. The van der Waals surface area contributed by atoms with Crippen molar-refractivity contribution < 1.29 is 4.74 Å². The molecule has 2 nitrogen and oxygen atoms in total. The summed E-state index contributed by atoms with van der Waals surface area (Å²) in [7, 11) is 0. The fraction of sp³-hybridized carbons (Fsp3) is 0.176. The van der Waals surface area contributed by atoms with Crippen LogP contribution in [0.5, 0.6) is 5.75 Å². The van der Waals surface area contributed by atoms with Crippen molar-refractivity contribution in [2.24, 2.45) is 0 Å². The Morgan fingerprint density at radius 2 is 1.85 bits per heavy atom. The van der Waals surface area contributed by atoms with Gasteiger partial charge in [0.15, 0.2) is 0 Å². The Balaban J connectivity index is 1.81. The van der Waals surface area contributed by atoms with Crippen LogP contribution in [0, 0.1) is 0 Å². The maximum absolute atomic E-state index is 5.82. The summed E-state index contributed by atoms with van der Waals surface area (Å²) < 4.78 is 6.90. The SMILES string of the molecule is C=CCc1ccccc1OCCNc1ccc(Br)cc1. The van der Waals surface area contributed by atoms with Gasteiger partial charge in [-0.05, 0) is 42.3 Å². The van der Waals surface area contributed by atoms with Crippen molar-refractivity contribution in [2.45, 2.75) is 6.42 Å². The van der Waals surface area contributed by atoms with Gasteiger partial charge in [-0.15, -0.1) is 6.58 Å². The third kappa shape index (κ3) is 4.42. The molecule has 0 aliphatic rings. The Morgan fingerprint density at radius 1 is 1.10 bits per heavy atom. The summed E-state index contributed by atoms with van der Waals surface area (Å²) in [5, 5.41) is 3.33. The molecule has 0 amide bonds. The van der Waals surface area contributed by atoms with Crippen LogP contribution in [0.2, 0.25) is 0 Å². The lowest BCUT2D eigenvalue weighted by Gasteiger charge is -2.11. The van der Waals surface area contributed by atoms with Crippen LogP contribution in [0.25, 0.3) is 0 Å². The highest BCUT2D eigenvalue weighted by Crippen LogP contribution is 2.18. The molecule has 3 heteroatoms. The van der Waals surface area contributed by atoms with E-state index < -0.39 is 0 Å². The fourth-order valence-electron chi connectivity index (χ4n) is 1.89. The number of nitrogens with one attached hydrogen (secondary N) is 1. The van der Waals surface area contributed by atoms with Gasteiger partial charge in [0.2, 0.25) is 0 Å². The number of ether oxygens (including phenoxy) is 1. The number of allylic oxidation sites excluding steroid dienone is 1. The van der Waals surface area contributed by atoms with Gasteiger partial charge in [-0.3, -0.25) is 0 Å². The van der Waals surface area contributed by atoms with Crippen molar-refractivity contribution in [3.63, 3.8) is 0 Å². The summed E-state index contributed by atoms with van der Waals surface area (Å²) in [6, 6.07) is 16.2. The lowest BCUT2D eigenvalue weighted by molar-refractivity contribution is 0.330. The van der Waals surface area contributed by atoms with Gasteiger partial charge in [0.1, 0.15) is 12.4 Å². The predicted octanol–water partition coefficient (Wildman–Crippen LogP) is 4.67. The molecule has 1 N–H and O–H groups in total. The van der Waals surface area contributed by atoms with Crippen LogP contribution < -0.4 is 10.1 Å². The van der Waals surface area contributed by atoms with E-state index in [1.807, 2.05) is 48.5 Å². The number of para-hydroxylation sites is 1. The minimum absolute atomic E-state index is 0.629. The van der Waals surface area contributed by atoms with E-state index in [-0.39, 0.29) is 0 Å². The van der Waals surface area contributed by atoms with Crippen LogP contribution in [0.3, 0.4) is 0 Å². The first-order valence-electron chi connectivity index (χ1n) is 6.60. The Kier molecular flexibility index (Phi) is 5.69. The Morgan fingerprint density at radius 3 is 2.60 bits per heavy atom. The summed E-state index contributed by atoms with van der Waals surface area (Å²) in [5.74, 6) is 0.935. The van der Waals surface area contributed by atoms with Gasteiger partial charge >= 0.3 is 0 Å². The van der Waals surface area contributed by atoms with E-state index in [2.05, 4.69) is 33.9 Å². The van der Waals surface area contributed by atoms with Crippen LogP contribution in [0.4, 0.5) is 5.69 Å². The molecule has 0 aromatic heterocycles. The molecule has 2 aromatic carbocycles. The Hall–Kier alpha value is -1.74. The highest BCUT2D eigenvalue weighted by Gasteiger charge is 2.00. The number of hydrogen-bond acceptors (Lipinski definition) is 2. The van der Waals surface area contributed by atoms with Crippen LogP contribution in [0.15, 0.2) is 65.7 Å². The molecule has 0 unspecified atom stereocenters.